The zero-order chi connectivity index (χ0) is 11.6. The number of carbonyl (C=O) groups excluding carboxylic acids is 1. The van der Waals surface area contributed by atoms with Gasteiger partial charge in [0, 0.05) is 0 Å². The maximum atomic E-state index is 12.7. The fourth-order valence-electron chi connectivity index (χ4n) is 0.757. The molecule has 0 saturated carbocycles. The number of hydrogen-bond acceptors (Lipinski definition) is 2. The smallest absolute Gasteiger partial charge is 0.239 e. The highest BCUT2D eigenvalue weighted by molar-refractivity contribution is 5.45. The Labute approximate surface area is 79.4 Å². The highest BCUT2D eigenvalue weighted by atomic mass is 19.2. The van der Waals surface area contributed by atoms with E-state index in [-0.39, 0.29) is 6.41 Å². The van der Waals surface area contributed by atoms with E-state index in [0.717, 1.165) is 0 Å². The number of amides is 1. The molecule has 0 spiro atoms. The first-order valence-corrected chi connectivity index (χ1v) is 3.38. The molecule has 1 N–H and O–H groups in total. The van der Waals surface area contributed by atoms with Crippen molar-refractivity contribution in [2.75, 3.05) is 0 Å². The second-order valence-corrected chi connectivity index (χ2v) is 2.24. The first-order chi connectivity index (χ1) is 7.00. The largest absolute Gasteiger partial charge is 0.373 e. The van der Waals surface area contributed by atoms with Crippen LogP contribution in [-0.2, 0) is 4.79 Å². The van der Waals surface area contributed by atoms with Crippen LogP contribution in [0.2, 0.25) is 0 Å². The van der Waals surface area contributed by atoms with Crippen LogP contribution in [0.3, 0.4) is 0 Å². The summed E-state index contributed by atoms with van der Waals surface area (Å²) >= 11 is 0. The van der Waals surface area contributed by atoms with Crippen LogP contribution >= 0.6 is 0 Å². The van der Waals surface area contributed by atoms with Gasteiger partial charge in [-0.2, -0.15) is 14.3 Å². The number of carbonyl (C=O) groups is 1. The minimum absolute atomic E-state index is 0.141. The second-order valence-electron chi connectivity index (χ2n) is 2.24. The van der Waals surface area contributed by atoms with E-state index < -0.39 is 34.8 Å². The quantitative estimate of drug-likeness (QED) is 0.279. The first kappa shape index (κ1) is 11.2. The standard InChI is InChI=1S/C7H2F5NO2/c8-2-3(9)5(11)7(15-13-1-14)6(12)4(2)10/h1H,(H,13,14). The Morgan fingerprint density at radius 1 is 0.867 bits per heavy atom. The Morgan fingerprint density at radius 3 is 1.67 bits per heavy atom. The molecule has 0 unspecified atom stereocenters. The van der Waals surface area contributed by atoms with Crippen LogP contribution in [0.5, 0.6) is 5.75 Å². The average Bonchev–Trinajstić information content (AvgIpc) is 2.24. The molecule has 0 saturated heterocycles. The normalized spacial score (nSPS) is 9.93. The molecular weight excluding hydrogens is 225 g/mol. The van der Waals surface area contributed by atoms with E-state index in [0.29, 0.717) is 0 Å². The van der Waals surface area contributed by atoms with E-state index in [4.69, 9.17) is 0 Å². The van der Waals surface area contributed by atoms with Crippen molar-refractivity contribution in [2.24, 2.45) is 0 Å². The summed E-state index contributed by atoms with van der Waals surface area (Å²) in [7, 11) is 0. The molecule has 1 rings (SSSR count). The summed E-state index contributed by atoms with van der Waals surface area (Å²) in [5.41, 5.74) is 1.30. The van der Waals surface area contributed by atoms with Crippen molar-refractivity contribution in [1.82, 2.24) is 5.48 Å². The Hall–Kier alpha value is -1.86. The van der Waals surface area contributed by atoms with Gasteiger partial charge in [-0.15, -0.1) is 0 Å². The zero-order valence-corrected chi connectivity index (χ0v) is 6.78. The van der Waals surface area contributed by atoms with Crippen molar-refractivity contribution < 1.29 is 31.6 Å². The molecule has 0 atom stereocenters. The highest BCUT2D eigenvalue weighted by Gasteiger charge is 2.27. The van der Waals surface area contributed by atoms with Crippen molar-refractivity contribution in [3.05, 3.63) is 29.1 Å². The zero-order valence-electron chi connectivity index (χ0n) is 6.78. The van der Waals surface area contributed by atoms with Gasteiger partial charge in [-0.1, -0.05) is 0 Å². The monoisotopic (exact) mass is 227 g/mol. The maximum Gasteiger partial charge on any atom is 0.239 e. The van der Waals surface area contributed by atoms with E-state index in [1.807, 2.05) is 0 Å². The van der Waals surface area contributed by atoms with Crippen molar-refractivity contribution in [2.45, 2.75) is 0 Å². The Morgan fingerprint density at radius 2 is 1.27 bits per heavy atom. The fraction of sp³-hybridized carbons (Fsp3) is 0. The SMILES string of the molecule is O=CNOc1c(F)c(F)c(F)c(F)c1F. The third-order valence-corrected chi connectivity index (χ3v) is 1.38. The van der Waals surface area contributed by atoms with Crippen LogP contribution in [0.1, 0.15) is 0 Å². The minimum Gasteiger partial charge on any atom is -0.373 e. The van der Waals surface area contributed by atoms with Crippen LogP contribution in [0.25, 0.3) is 0 Å². The number of rotatable bonds is 3. The average molecular weight is 227 g/mol. The van der Waals surface area contributed by atoms with Gasteiger partial charge in [0.05, 0.1) is 0 Å². The van der Waals surface area contributed by atoms with Gasteiger partial charge < -0.3 is 4.84 Å². The van der Waals surface area contributed by atoms with Crippen LogP contribution in [0, 0.1) is 29.1 Å². The molecule has 1 aromatic carbocycles. The van der Waals surface area contributed by atoms with Crippen LogP contribution in [0.15, 0.2) is 0 Å². The van der Waals surface area contributed by atoms with Gasteiger partial charge in [0.2, 0.25) is 41.2 Å². The van der Waals surface area contributed by atoms with Gasteiger partial charge in [0.15, 0.2) is 0 Å². The lowest BCUT2D eigenvalue weighted by atomic mass is 10.3. The molecule has 0 bridgehead atoms. The predicted octanol–water partition coefficient (Wildman–Crippen LogP) is 1.42. The third kappa shape index (κ3) is 1.83. The Kier molecular flexibility index (Phi) is 3.08. The number of nitrogens with one attached hydrogen (secondary N) is 1. The van der Waals surface area contributed by atoms with Crippen molar-refractivity contribution >= 4 is 6.41 Å². The lowest BCUT2D eigenvalue weighted by molar-refractivity contribution is -0.115. The number of halogens is 5. The molecule has 0 aromatic heterocycles. The molecule has 1 amide bonds. The van der Waals surface area contributed by atoms with E-state index in [1.165, 1.54) is 5.48 Å². The molecular formula is C7H2F5NO2. The number of hydrogen-bond donors (Lipinski definition) is 1. The summed E-state index contributed by atoms with van der Waals surface area (Å²) < 4.78 is 62.8. The second kappa shape index (κ2) is 4.11. The third-order valence-electron chi connectivity index (χ3n) is 1.38. The van der Waals surface area contributed by atoms with E-state index >= 15 is 0 Å². The molecule has 0 heterocycles. The van der Waals surface area contributed by atoms with Crippen molar-refractivity contribution in [3.63, 3.8) is 0 Å². The van der Waals surface area contributed by atoms with Crippen LogP contribution < -0.4 is 10.3 Å². The molecule has 0 aliphatic heterocycles. The lowest BCUT2D eigenvalue weighted by Gasteiger charge is -2.07. The van der Waals surface area contributed by atoms with Gasteiger partial charge in [-0.05, 0) is 0 Å². The summed E-state index contributed by atoms with van der Waals surface area (Å²) in [6.07, 6.45) is -0.141. The van der Waals surface area contributed by atoms with Gasteiger partial charge in [0.1, 0.15) is 0 Å². The molecule has 82 valence electrons. The molecule has 1 aromatic rings. The van der Waals surface area contributed by atoms with Crippen LogP contribution in [0.4, 0.5) is 22.0 Å². The van der Waals surface area contributed by atoms with Crippen molar-refractivity contribution in [1.29, 1.82) is 0 Å². The van der Waals surface area contributed by atoms with Gasteiger partial charge in [0.25, 0.3) is 0 Å². The molecule has 0 aliphatic rings. The number of hydroxylamine groups is 1. The van der Waals surface area contributed by atoms with E-state index in [9.17, 15) is 26.7 Å². The summed E-state index contributed by atoms with van der Waals surface area (Å²) in [4.78, 5) is 13.5. The predicted molar refractivity (Wildman–Crippen MR) is 36.1 cm³/mol. The molecule has 8 heteroatoms. The fourth-order valence-corrected chi connectivity index (χ4v) is 0.757. The molecule has 0 fully saturated rings. The first-order valence-electron chi connectivity index (χ1n) is 3.38. The van der Waals surface area contributed by atoms with E-state index in [1.54, 1.807) is 0 Å². The maximum absolute atomic E-state index is 12.7. The summed E-state index contributed by atoms with van der Waals surface area (Å²) in [5, 5.41) is 0. The van der Waals surface area contributed by atoms with Gasteiger partial charge in [-0.25, -0.2) is 13.2 Å². The topological polar surface area (TPSA) is 38.3 Å². The van der Waals surface area contributed by atoms with E-state index in [2.05, 4.69) is 4.84 Å². The lowest BCUT2D eigenvalue weighted by Crippen LogP contribution is -2.19. The summed E-state index contributed by atoms with van der Waals surface area (Å²) in [6.45, 7) is 0. The Bertz CT molecular complexity index is 380. The molecule has 15 heavy (non-hydrogen) atoms. The van der Waals surface area contributed by atoms with Gasteiger partial charge >= 0.3 is 0 Å². The minimum atomic E-state index is -2.30. The van der Waals surface area contributed by atoms with Crippen LogP contribution in [-0.4, -0.2) is 6.41 Å². The highest BCUT2D eigenvalue weighted by Crippen LogP contribution is 2.28. The molecule has 0 radical (unpaired) electrons. The Balaban J connectivity index is 3.31. The van der Waals surface area contributed by atoms with Gasteiger partial charge in [-0.3, -0.25) is 4.79 Å². The molecule has 3 nitrogen and oxygen atoms in total. The summed E-state index contributed by atoms with van der Waals surface area (Å²) in [5.74, 6) is -12.5. The summed E-state index contributed by atoms with van der Waals surface area (Å²) in [6, 6.07) is 0. The number of benzene rings is 1. The molecule has 0 aliphatic carbocycles. The van der Waals surface area contributed by atoms with Crippen molar-refractivity contribution in [3.8, 4) is 5.75 Å².